The molecule has 1 aliphatic carbocycles. The second-order valence-electron chi connectivity index (χ2n) is 6.16. The maximum absolute atomic E-state index is 6.17. The number of benzene rings is 1. The lowest BCUT2D eigenvalue weighted by Crippen LogP contribution is -2.57. The topological polar surface area (TPSA) is 38.5 Å². The summed E-state index contributed by atoms with van der Waals surface area (Å²) < 4.78 is 5.31. The molecule has 2 N–H and O–H groups in total. The number of hydrogen-bond acceptors (Lipinski definition) is 3. The van der Waals surface area contributed by atoms with E-state index >= 15 is 0 Å². The zero-order valence-corrected chi connectivity index (χ0v) is 13.1. The zero-order chi connectivity index (χ0) is 14.6. The Morgan fingerprint density at radius 2 is 2.20 bits per heavy atom. The van der Waals surface area contributed by atoms with Crippen molar-refractivity contribution in [2.45, 2.75) is 44.7 Å². The van der Waals surface area contributed by atoms with Crippen molar-refractivity contribution in [2.24, 2.45) is 11.7 Å². The highest BCUT2D eigenvalue weighted by Crippen LogP contribution is 2.37. The molecule has 2 unspecified atom stereocenters. The standard InChI is InChI=1S/C17H28N2O/c1-14-7-4-5-10-17(14,13-18)19(2)12-15-8-6-9-16(11-15)20-3/h6,8-9,11,14H,4-5,7,10,12-13,18H2,1-3H3. The first-order chi connectivity index (χ1) is 9.62. The highest BCUT2D eigenvalue weighted by atomic mass is 16.5. The summed E-state index contributed by atoms with van der Waals surface area (Å²) in [6.07, 6.45) is 5.14. The van der Waals surface area contributed by atoms with Crippen molar-refractivity contribution in [3.63, 3.8) is 0 Å². The van der Waals surface area contributed by atoms with Crippen LogP contribution in [0.3, 0.4) is 0 Å². The first kappa shape index (κ1) is 15.3. The molecule has 1 aromatic carbocycles. The Kier molecular flexibility index (Phi) is 5.06. The van der Waals surface area contributed by atoms with Crippen molar-refractivity contribution in [3.05, 3.63) is 29.8 Å². The Morgan fingerprint density at radius 3 is 2.85 bits per heavy atom. The van der Waals surface area contributed by atoms with Gasteiger partial charge in [0.15, 0.2) is 0 Å². The zero-order valence-electron chi connectivity index (χ0n) is 13.1. The van der Waals surface area contributed by atoms with Crippen LogP contribution >= 0.6 is 0 Å². The normalized spacial score (nSPS) is 26.8. The van der Waals surface area contributed by atoms with Crippen LogP contribution in [0.1, 0.15) is 38.2 Å². The fourth-order valence-electron chi connectivity index (χ4n) is 3.63. The molecule has 20 heavy (non-hydrogen) atoms. The van der Waals surface area contributed by atoms with Gasteiger partial charge in [-0.3, -0.25) is 4.90 Å². The van der Waals surface area contributed by atoms with E-state index < -0.39 is 0 Å². The van der Waals surface area contributed by atoms with Crippen LogP contribution < -0.4 is 10.5 Å². The van der Waals surface area contributed by atoms with E-state index in [-0.39, 0.29) is 5.54 Å². The van der Waals surface area contributed by atoms with Gasteiger partial charge in [-0.15, -0.1) is 0 Å². The van der Waals surface area contributed by atoms with E-state index in [4.69, 9.17) is 10.5 Å². The van der Waals surface area contributed by atoms with E-state index in [1.54, 1.807) is 7.11 Å². The quantitative estimate of drug-likeness (QED) is 0.898. The fraction of sp³-hybridized carbons (Fsp3) is 0.647. The molecule has 0 radical (unpaired) electrons. The molecule has 3 heteroatoms. The molecule has 1 fully saturated rings. The van der Waals surface area contributed by atoms with Crippen molar-refractivity contribution in [2.75, 3.05) is 20.7 Å². The van der Waals surface area contributed by atoms with Gasteiger partial charge >= 0.3 is 0 Å². The maximum atomic E-state index is 6.17. The van der Waals surface area contributed by atoms with Crippen LogP contribution in [-0.4, -0.2) is 31.1 Å². The third-order valence-electron chi connectivity index (χ3n) is 5.08. The van der Waals surface area contributed by atoms with E-state index in [1.807, 2.05) is 6.07 Å². The average Bonchev–Trinajstić information content (AvgIpc) is 2.48. The van der Waals surface area contributed by atoms with Gasteiger partial charge in [-0.25, -0.2) is 0 Å². The summed E-state index contributed by atoms with van der Waals surface area (Å²) in [6, 6.07) is 8.33. The molecule has 2 atom stereocenters. The molecular weight excluding hydrogens is 248 g/mol. The second kappa shape index (κ2) is 6.59. The van der Waals surface area contributed by atoms with Gasteiger partial charge in [0, 0.05) is 18.6 Å². The van der Waals surface area contributed by atoms with Gasteiger partial charge in [0.2, 0.25) is 0 Å². The Balaban J connectivity index is 2.14. The van der Waals surface area contributed by atoms with Crippen molar-refractivity contribution in [3.8, 4) is 5.75 Å². The molecule has 112 valence electrons. The number of rotatable bonds is 5. The van der Waals surface area contributed by atoms with Gasteiger partial charge in [-0.1, -0.05) is 31.9 Å². The van der Waals surface area contributed by atoms with Gasteiger partial charge in [-0.05, 0) is 43.5 Å². The number of nitrogens with two attached hydrogens (primary N) is 1. The summed E-state index contributed by atoms with van der Waals surface area (Å²) in [5, 5.41) is 0. The number of hydrogen-bond donors (Lipinski definition) is 1. The summed E-state index contributed by atoms with van der Waals surface area (Å²) >= 11 is 0. The third-order valence-corrected chi connectivity index (χ3v) is 5.08. The van der Waals surface area contributed by atoms with Gasteiger partial charge in [0.1, 0.15) is 5.75 Å². The first-order valence-electron chi connectivity index (χ1n) is 7.66. The monoisotopic (exact) mass is 276 g/mol. The lowest BCUT2D eigenvalue weighted by molar-refractivity contribution is 0.0278. The summed E-state index contributed by atoms with van der Waals surface area (Å²) in [5.41, 5.74) is 7.62. The predicted octanol–water partition coefficient (Wildman–Crippen LogP) is 3.03. The van der Waals surface area contributed by atoms with Gasteiger partial charge in [0.05, 0.1) is 7.11 Å². The largest absolute Gasteiger partial charge is 0.497 e. The third kappa shape index (κ3) is 2.99. The minimum absolute atomic E-state index is 0.154. The number of methoxy groups -OCH3 is 1. The predicted molar refractivity (Wildman–Crippen MR) is 83.9 cm³/mol. The van der Waals surface area contributed by atoms with E-state index in [2.05, 4.69) is 37.1 Å². The first-order valence-corrected chi connectivity index (χ1v) is 7.66. The summed E-state index contributed by atoms with van der Waals surface area (Å²) in [7, 11) is 3.93. The Morgan fingerprint density at radius 1 is 1.40 bits per heavy atom. The lowest BCUT2D eigenvalue weighted by Gasteiger charge is -2.48. The Labute approximate surface area is 123 Å². The molecule has 0 aliphatic heterocycles. The Bertz CT molecular complexity index is 435. The molecule has 1 saturated carbocycles. The summed E-state index contributed by atoms with van der Waals surface area (Å²) in [6.45, 7) is 4.03. The number of likely N-dealkylation sites (N-methyl/N-ethyl adjacent to an activating group) is 1. The average molecular weight is 276 g/mol. The van der Waals surface area contributed by atoms with Gasteiger partial charge in [0.25, 0.3) is 0 Å². The molecule has 0 bridgehead atoms. The van der Waals surface area contributed by atoms with E-state index in [9.17, 15) is 0 Å². The SMILES string of the molecule is COc1cccc(CN(C)C2(CN)CCCCC2C)c1. The molecule has 2 rings (SSSR count). The van der Waals surface area contributed by atoms with Crippen LogP contribution in [-0.2, 0) is 6.54 Å². The van der Waals surface area contributed by atoms with Crippen LogP contribution in [0.2, 0.25) is 0 Å². The van der Waals surface area contributed by atoms with Crippen molar-refractivity contribution in [1.29, 1.82) is 0 Å². The molecule has 1 aromatic rings. The van der Waals surface area contributed by atoms with Gasteiger partial charge < -0.3 is 10.5 Å². The van der Waals surface area contributed by atoms with Crippen LogP contribution in [0.25, 0.3) is 0 Å². The fourth-order valence-corrected chi connectivity index (χ4v) is 3.63. The van der Waals surface area contributed by atoms with Crippen molar-refractivity contribution in [1.82, 2.24) is 4.90 Å². The molecular formula is C17H28N2O. The van der Waals surface area contributed by atoms with Crippen molar-refractivity contribution >= 4 is 0 Å². The second-order valence-corrected chi connectivity index (χ2v) is 6.16. The van der Waals surface area contributed by atoms with E-state index in [1.165, 1.54) is 31.2 Å². The molecule has 0 heterocycles. The molecule has 0 saturated heterocycles. The molecule has 1 aliphatic rings. The number of ether oxygens (including phenoxy) is 1. The number of nitrogens with zero attached hydrogens (tertiary/aromatic N) is 1. The highest BCUT2D eigenvalue weighted by Gasteiger charge is 2.40. The summed E-state index contributed by atoms with van der Waals surface area (Å²) in [5.74, 6) is 1.59. The maximum Gasteiger partial charge on any atom is 0.119 e. The minimum Gasteiger partial charge on any atom is -0.497 e. The smallest absolute Gasteiger partial charge is 0.119 e. The van der Waals surface area contributed by atoms with E-state index in [0.29, 0.717) is 5.92 Å². The van der Waals surface area contributed by atoms with Crippen molar-refractivity contribution < 1.29 is 4.74 Å². The van der Waals surface area contributed by atoms with E-state index in [0.717, 1.165) is 18.8 Å². The Hall–Kier alpha value is -1.06. The van der Waals surface area contributed by atoms with Crippen LogP contribution in [0, 0.1) is 5.92 Å². The molecule has 0 amide bonds. The molecule has 0 spiro atoms. The molecule has 0 aromatic heterocycles. The lowest BCUT2D eigenvalue weighted by atomic mass is 9.72. The van der Waals surface area contributed by atoms with Crippen LogP contribution in [0.15, 0.2) is 24.3 Å². The van der Waals surface area contributed by atoms with Crippen LogP contribution in [0.4, 0.5) is 0 Å². The summed E-state index contributed by atoms with van der Waals surface area (Å²) in [4.78, 5) is 2.46. The molecule has 3 nitrogen and oxygen atoms in total. The van der Waals surface area contributed by atoms with Crippen LogP contribution in [0.5, 0.6) is 5.75 Å². The van der Waals surface area contributed by atoms with Gasteiger partial charge in [-0.2, -0.15) is 0 Å². The highest BCUT2D eigenvalue weighted by molar-refractivity contribution is 5.28. The minimum atomic E-state index is 0.154.